The first kappa shape index (κ1) is 16.7. The van der Waals surface area contributed by atoms with Crippen molar-refractivity contribution in [1.82, 2.24) is 9.62 Å². The van der Waals surface area contributed by atoms with Gasteiger partial charge in [-0.25, -0.2) is 13.1 Å². The largest absolute Gasteiger partial charge is 0.342 e. The van der Waals surface area contributed by atoms with Gasteiger partial charge in [0.1, 0.15) is 0 Å². The van der Waals surface area contributed by atoms with Gasteiger partial charge in [-0.05, 0) is 31.6 Å². The van der Waals surface area contributed by atoms with Crippen LogP contribution in [0.4, 0.5) is 0 Å². The summed E-state index contributed by atoms with van der Waals surface area (Å²) < 4.78 is 24.8. The Morgan fingerprint density at radius 3 is 2.62 bits per heavy atom. The number of rotatable bonds is 5. The first-order chi connectivity index (χ1) is 9.77. The van der Waals surface area contributed by atoms with Crippen LogP contribution in [0.25, 0.3) is 0 Å². The van der Waals surface area contributed by atoms with Crippen LogP contribution in [0.15, 0.2) is 0 Å². The zero-order chi connectivity index (χ0) is 15.5. The Hall–Kier alpha value is -0.660. The quantitative estimate of drug-likeness (QED) is 0.769. The van der Waals surface area contributed by atoms with E-state index in [0.29, 0.717) is 19.5 Å². The van der Waals surface area contributed by atoms with Crippen molar-refractivity contribution in [3.63, 3.8) is 0 Å². The topological polar surface area (TPSA) is 92.5 Å². The maximum atomic E-state index is 12.4. The summed E-state index contributed by atoms with van der Waals surface area (Å²) in [6.45, 7) is 1.82. The molecule has 0 aromatic rings. The van der Waals surface area contributed by atoms with Gasteiger partial charge in [-0.1, -0.05) is 12.8 Å². The van der Waals surface area contributed by atoms with Crippen LogP contribution >= 0.6 is 0 Å². The van der Waals surface area contributed by atoms with Crippen molar-refractivity contribution >= 4 is 15.9 Å². The monoisotopic (exact) mass is 317 g/mol. The molecule has 3 N–H and O–H groups in total. The average molecular weight is 317 g/mol. The Morgan fingerprint density at radius 2 is 2.00 bits per heavy atom. The molecule has 0 aromatic heterocycles. The van der Waals surface area contributed by atoms with E-state index < -0.39 is 10.0 Å². The summed E-state index contributed by atoms with van der Waals surface area (Å²) in [6, 6.07) is 0. The van der Waals surface area contributed by atoms with Crippen LogP contribution in [0, 0.1) is 5.92 Å². The zero-order valence-corrected chi connectivity index (χ0v) is 13.6. The molecule has 0 bridgehead atoms. The fourth-order valence-electron chi connectivity index (χ4n) is 3.40. The Bertz CT molecular complexity index is 472. The molecular formula is C14H27N3O3S. The maximum absolute atomic E-state index is 12.4. The van der Waals surface area contributed by atoms with Gasteiger partial charge in [0.15, 0.2) is 0 Å². The number of nitrogens with zero attached hydrogens (tertiary/aromatic N) is 1. The van der Waals surface area contributed by atoms with E-state index in [0.717, 1.165) is 51.3 Å². The second kappa shape index (κ2) is 6.62. The van der Waals surface area contributed by atoms with Gasteiger partial charge in [0, 0.05) is 31.6 Å². The van der Waals surface area contributed by atoms with Crippen LogP contribution in [0.5, 0.6) is 0 Å². The third-order valence-corrected chi connectivity index (χ3v) is 5.30. The molecule has 2 fully saturated rings. The van der Waals surface area contributed by atoms with E-state index in [2.05, 4.69) is 4.72 Å². The summed E-state index contributed by atoms with van der Waals surface area (Å²) in [7, 11) is -3.16. The Morgan fingerprint density at radius 1 is 1.33 bits per heavy atom. The number of carbonyl (C=O) groups is 1. The number of hydrogen-bond acceptors (Lipinski definition) is 4. The number of carbonyl (C=O) groups excluding carboxylic acids is 1. The highest BCUT2D eigenvalue weighted by molar-refractivity contribution is 7.88. The summed E-state index contributed by atoms with van der Waals surface area (Å²) in [5, 5.41) is 0. The van der Waals surface area contributed by atoms with Gasteiger partial charge in [0.25, 0.3) is 0 Å². The molecule has 1 saturated carbocycles. The van der Waals surface area contributed by atoms with E-state index in [9.17, 15) is 13.2 Å². The summed E-state index contributed by atoms with van der Waals surface area (Å²) in [4.78, 5) is 14.3. The third-order valence-electron chi connectivity index (χ3n) is 4.61. The molecule has 21 heavy (non-hydrogen) atoms. The second-order valence-electron chi connectivity index (χ2n) is 6.71. The smallest absolute Gasteiger partial charge is 0.224 e. The van der Waals surface area contributed by atoms with Crippen molar-refractivity contribution in [3.8, 4) is 0 Å². The lowest BCUT2D eigenvalue weighted by Gasteiger charge is -2.35. The fourth-order valence-corrected chi connectivity index (χ4v) is 3.93. The Kier molecular flexibility index (Phi) is 5.27. The highest BCUT2D eigenvalue weighted by Crippen LogP contribution is 2.31. The summed E-state index contributed by atoms with van der Waals surface area (Å²) in [5.41, 5.74) is 5.97. The number of hydrogen-bond donors (Lipinski definition) is 2. The van der Waals surface area contributed by atoms with E-state index in [1.807, 2.05) is 4.90 Å². The molecular weight excluding hydrogens is 290 g/mol. The van der Waals surface area contributed by atoms with Gasteiger partial charge in [-0.3, -0.25) is 4.79 Å². The molecule has 0 spiro atoms. The molecule has 2 rings (SSSR count). The second-order valence-corrected chi connectivity index (χ2v) is 8.55. The molecule has 6 nitrogen and oxygen atoms in total. The number of likely N-dealkylation sites (tertiary alicyclic amines) is 1. The molecule has 1 heterocycles. The molecule has 0 radical (unpaired) electrons. The Labute approximate surface area is 127 Å². The molecule has 2 aliphatic rings. The fraction of sp³-hybridized carbons (Fsp3) is 0.929. The van der Waals surface area contributed by atoms with Gasteiger partial charge in [0.2, 0.25) is 15.9 Å². The number of nitrogens with one attached hydrogen (secondary N) is 1. The van der Waals surface area contributed by atoms with Gasteiger partial charge < -0.3 is 10.6 Å². The van der Waals surface area contributed by atoms with Crippen molar-refractivity contribution < 1.29 is 13.2 Å². The maximum Gasteiger partial charge on any atom is 0.224 e. The minimum absolute atomic E-state index is 0.128. The molecule has 1 aliphatic carbocycles. The van der Waals surface area contributed by atoms with Crippen LogP contribution in [0.2, 0.25) is 0 Å². The van der Waals surface area contributed by atoms with Crippen LogP contribution in [0.3, 0.4) is 0 Å². The highest BCUT2D eigenvalue weighted by Gasteiger charge is 2.34. The van der Waals surface area contributed by atoms with Gasteiger partial charge in [-0.15, -0.1) is 0 Å². The van der Waals surface area contributed by atoms with Crippen LogP contribution < -0.4 is 10.5 Å². The van der Waals surface area contributed by atoms with Gasteiger partial charge in [-0.2, -0.15) is 0 Å². The minimum Gasteiger partial charge on any atom is -0.342 e. The number of nitrogens with two attached hydrogens (primary N) is 1. The van der Waals surface area contributed by atoms with E-state index in [-0.39, 0.29) is 17.4 Å². The highest BCUT2D eigenvalue weighted by atomic mass is 32.2. The number of sulfonamides is 1. The van der Waals surface area contributed by atoms with E-state index in [1.165, 1.54) is 0 Å². The molecule has 7 heteroatoms. The first-order valence-electron chi connectivity index (χ1n) is 7.79. The summed E-state index contributed by atoms with van der Waals surface area (Å²) >= 11 is 0. The molecule has 1 atom stereocenters. The normalized spacial score (nSPS) is 26.0. The van der Waals surface area contributed by atoms with Gasteiger partial charge in [0.05, 0.1) is 6.26 Å². The van der Waals surface area contributed by atoms with Crippen LogP contribution in [-0.4, -0.2) is 50.7 Å². The van der Waals surface area contributed by atoms with Crippen LogP contribution in [0.1, 0.15) is 44.9 Å². The van der Waals surface area contributed by atoms with Crippen molar-refractivity contribution in [2.45, 2.75) is 50.5 Å². The van der Waals surface area contributed by atoms with Crippen molar-refractivity contribution in [3.05, 3.63) is 0 Å². The lowest BCUT2D eigenvalue weighted by Crippen LogP contribution is -2.48. The lowest BCUT2D eigenvalue weighted by molar-refractivity contribution is -0.134. The van der Waals surface area contributed by atoms with E-state index in [4.69, 9.17) is 5.73 Å². The van der Waals surface area contributed by atoms with Crippen molar-refractivity contribution in [2.24, 2.45) is 11.7 Å². The molecule has 122 valence electrons. The zero-order valence-electron chi connectivity index (χ0n) is 12.8. The molecule has 1 aliphatic heterocycles. The van der Waals surface area contributed by atoms with Crippen molar-refractivity contribution in [1.29, 1.82) is 0 Å². The predicted octanol–water partition coefficient (Wildman–Crippen LogP) is 0.436. The number of amides is 1. The molecule has 1 saturated heterocycles. The van der Waals surface area contributed by atoms with E-state index in [1.54, 1.807) is 0 Å². The molecule has 1 unspecified atom stereocenters. The minimum atomic E-state index is -3.16. The Balaban J connectivity index is 1.84. The lowest BCUT2D eigenvalue weighted by atomic mass is 9.92. The first-order valence-corrected chi connectivity index (χ1v) is 9.68. The number of piperidine rings is 1. The summed E-state index contributed by atoms with van der Waals surface area (Å²) in [5.74, 6) is 0.332. The molecule has 0 aromatic carbocycles. The average Bonchev–Trinajstić information content (AvgIpc) is 2.82. The van der Waals surface area contributed by atoms with Gasteiger partial charge >= 0.3 is 0 Å². The third kappa shape index (κ3) is 5.23. The van der Waals surface area contributed by atoms with Crippen molar-refractivity contribution in [2.75, 3.05) is 25.9 Å². The van der Waals surface area contributed by atoms with E-state index >= 15 is 0 Å². The SMILES string of the molecule is CS(=O)(=O)NCC1CCCN(C(=O)CC2(N)CCCC2)C1. The summed E-state index contributed by atoms with van der Waals surface area (Å²) in [6.07, 6.45) is 7.59. The standard InChI is InChI=1S/C14H27N3O3S/c1-21(19,20)16-10-12-5-4-8-17(11-12)13(18)9-14(15)6-2-3-7-14/h12,16H,2-11,15H2,1H3. The van der Waals surface area contributed by atoms with Crippen LogP contribution in [-0.2, 0) is 14.8 Å². The predicted molar refractivity (Wildman–Crippen MR) is 82.2 cm³/mol. The molecule has 1 amide bonds.